The second kappa shape index (κ2) is 6.55. The number of nitrogens with two attached hydrogens (primary N) is 1. The van der Waals surface area contributed by atoms with Crippen LogP contribution in [0.1, 0.15) is 22.7 Å². The molecule has 0 heterocycles. The zero-order valence-corrected chi connectivity index (χ0v) is 12.5. The largest absolute Gasteiger partial charge is 0.271 e. The highest BCUT2D eigenvalue weighted by Crippen LogP contribution is 2.30. The summed E-state index contributed by atoms with van der Waals surface area (Å²) in [6.45, 7) is 1.91. The molecule has 0 amide bonds. The van der Waals surface area contributed by atoms with Gasteiger partial charge in [0.05, 0.1) is 6.04 Å². The van der Waals surface area contributed by atoms with E-state index in [0.717, 1.165) is 11.1 Å². The Labute approximate surface area is 127 Å². The molecule has 0 aliphatic carbocycles. The zero-order chi connectivity index (χ0) is 14.7. The Morgan fingerprint density at radius 2 is 1.90 bits per heavy atom. The number of aryl methyl sites for hydroxylation is 1. The molecule has 0 aliphatic heterocycles. The van der Waals surface area contributed by atoms with Crippen molar-refractivity contribution in [2.75, 3.05) is 0 Å². The number of halogens is 3. The van der Waals surface area contributed by atoms with Crippen molar-refractivity contribution in [2.24, 2.45) is 5.84 Å². The molecule has 2 rings (SSSR count). The second-order valence-corrected chi connectivity index (χ2v) is 5.39. The normalized spacial score (nSPS) is 12.4. The van der Waals surface area contributed by atoms with E-state index in [2.05, 4.69) is 5.43 Å². The lowest BCUT2D eigenvalue weighted by Crippen LogP contribution is -2.30. The van der Waals surface area contributed by atoms with E-state index in [1.54, 1.807) is 12.1 Å². The van der Waals surface area contributed by atoms with Gasteiger partial charge in [-0.2, -0.15) is 0 Å². The summed E-state index contributed by atoms with van der Waals surface area (Å²) in [5.41, 5.74) is 4.88. The molecule has 5 heteroatoms. The predicted octanol–water partition coefficient (Wildman–Crippen LogP) is 4.19. The van der Waals surface area contributed by atoms with Crippen LogP contribution in [0.2, 0.25) is 10.0 Å². The third kappa shape index (κ3) is 3.13. The SMILES string of the molecule is Cc1cccc(C(Cc2c(F)cccc2Cl)NN)c1Cl. The molecule has 0 saturated heterocycles. The fourth-order valence-corrected chi connectivity index (χ4v) is 2.63. The Morgan fingerprint density at radius 1 is 1.20 bits per heavy atom. The van der Waals surface area contributed by atoms with Crippen LogP contribution in [0.4, 0.5) is 4.39 Å². The number of hydrazine groups is 1. The van der Waals surface area contributed by atoms with Crippen LogP contribution in [0.3, 0.4) is 0 Å². The van der Waals surface area contributed by atoms with Crippen molar-refractivity contribution in [1.29, 1.82) is 0 Å². The molecule has 0 radical (unpaired) electrons. The highest BCUT2D eigenvalue weighted by atomic mass is 35.5. The van der Waals surface area contributed by atoms with E-state index in [4.69, 9.17) is 29.0 Å². The summed E-state index contributed by atoms with van der Waals surface area (Å²) < 4.78 is 13.9. The smallest absolute Gasteiger partial charge is 0.127 e. The molecule has 0 spiro atoms. The van der Waals surface area contributed by atoms with Crippen LogP contribution in [0.15, 0.2) is 36.4 Å². The molecule has 0 bridgehead atoms. The van der Waals surface area contributed by atoms with E-state index < -0.39 is 0 Å². The molecule has 20 heavy (non-hydrogen) atoms. The fraction of sp³-hybridized carbons (Fsp3) is 0.200. The van der Waals surface area contributed by atoms with E-state index in [-0.39, 0.29) is 11.9 Å². The maximum atomic E-state index is 13.9. The van der Waals surface area contributed by atoms with Crippen LogP contribution >= 0.6 is 23.2 Å². The minimum absolute atomic E-state index is 0.309. The van der Waals surface area contributed by atoms with E-state index in [1.807, 2.05) is 25.1 Å². The van der Waals surface area contributed by atoms with Gasteiger partial charge in [-0.3, -0.25) is 11.3 Å². The molecule has 3 N–H and O–H groups in total. The minimum Gasteiger partial charge on any atom is -0.271 e. The highest BCUT2D eigenvalue weighted by Gasteiger charge is 2.18. The lowest BCUT2D eigenvalue weighted by molar-refractivity contribution is 0.529. The molecular formula is C15H15Cl2FN2. The van der Waals surface area contributed by atoms with Gasteiger partial charge in [-0.15, -0.1) is 0 Å². The number of nitrogens with one attached hydrogen (secondary N) is 1. The molecule has 106 valence electrons. The Kier molecular flexibility index (Phi) is 5.00. The van der Waals surface area contributed by atoms with Crippen LogP contribution in [0, 0.1) is 12.7 Å². The van der Waals surface area contributed by atoms with E-state index in [0.29, 0.717) is 22.0 Å². The van der Waals surface area contributed by atoms with Gasteiger partial charge in [0.25, 0.3) is 0 Å². The molecule has 0 saturated carbocycles. The monoisotopic (exact) mass is 312 g/mol. The van der Waals surface area contributed by atoms with Crippen LogP contribution < -0.4 is 11.3 Å². The van der Waals surface area contributed by atoms with Crippen LogP contribution in [0.5, 0.6) is 0 Å². The highest BCUT2D eigenvalue weighted by molar-refractivity contribution is 6.32. The van der Waals surface area contributed by atoms with Crippen molar-refractivity contribution in [3.8, 4) is 0 Å². The Morgan fingerprint density at radius 3 is 2.55 bits per heavy atom. The van der Waals surface area contributed by atoms with Gasteiger partial charge in [-0.1, -0.05) is 47.5 Å². The summed E-state index contributed by atoms with van der Waals surface area (Å²) in [6, 6.07) is 9.98. The summed E-state index contributed by atoms with van der Waals surface area (Å²) in [5, 5.41) is 1.01. The first-order chi connectivity index (χ1) is 9.54. The molecule has 0 aromatic heterocycles. The van der Waals surface area contributed by atoms with Crippen molar-refractivity contribution < 1.29 is 4.39 Å². The minimum atomic E-state index is -0.346. The number of benzene rings is 2. The lowest BCUT2D eigenvalue weighted by atomic mass is 9.97. The first kappa shape index (κ1) is 15.3. The molecule has 2 nitrogen and oxygen atoms in total. The van der Waals surface area contributed by atoms with E-state index in [9.17, 15) is 4.39 Å². The summed E-state index contributed by atoms with van der Waals surface area (Å²) in [5.74, 6) is 5.25. The predicted molar refractivity (Wildman–Crippen MR) is 81.4 cm³/mol. The molecule has 1 unspecified atom stereocenters. The quantitative estimate of drug-likeness (QED) is 0.656. The number of hydrogen-bond donors (Lipinski definition) is 2. The number of hydrogen-bond acceptors (Lipinski definition) is 2. The van der Waals surface area contributed by atoms with Gasteiger partial charge in [0.2, 0.25) is 0 Å². The maximum absolute atomic E-state index is 13.9. The Bertz CT molecular complexity index is 597. The van der Waals surface area contributed by atoms with Crippen molar-refractivity contribution >= 4 is 23.2 Å². The lowest BCUT2D eigenvalue weighted by Gasteiger charge is -2.19. The standard InChI is InChI=1S/C15H15Cl2FN2/c1-9-4-2-5-10(15(9)17)14(20-19)8-11-12(16)6-3-7-13(11)18/h2-7,14,20H,8,19H2,1H3. The molecular weight excluding hydrogens is 298 g/mol. The fourth-order valence-electron chi connectivity index (χ4n) is 2.13. The molecule has 2 aromatic carbocycles. The topological polar surface area (TPSA) is 38.0 Å². The Hall–Kier alpha value is -1.13. The first-order valence-electron chi connectivity index (χ1n) is 6.18. The number of rotatable bonds is 4. The van der Waals surface area contributed by atoms with Crippen LogP contribution in [-0.4, -0.2) is 0 Å². The summed E-state index contributed by atoms with van der Waals surface area (Å²) in [4.78, 5) is 0. The molecule has 0 aliphatic rings. The Balaban J connectivity index is 2.37. The molecule has 0 fully saturated rings. The maximum Gasteiger partial charge on any atom is 0.127 e. The summed E-state index contributed by atoms with van der Waals surface area (Å²) in [6.07, 6.45) is 0.325. The van der Waals surface area contributed by atoms with E-state index in [1.165, 1.54) is 6.07 Å². The summed E-state index contributed by atoms with van der Waals surface area (Å²) >= 11 is 12.3. The van der Waals surface area contributed by atoms with Gasteiger partial charge in [0.1, 0.15) is 5.82 Å². The van der Waals surface area contributed by atoms with Gasteiger partial charge >= 0.3 is 0 Å². The second-order valence-electron chi connectivity index (χ2n) is 4.60. The average Bonchev–Trinajstić information content (AvgIpc) is 2.42. The van der Waals surface area contributed by atoms with Gasteiger partial charge < -0.3 is 0 Å². The van der Waals surface area contributed by atoms with Crippen molar-refractivity contribution in [1.82, 2.24) is 5.43 Å². The van der Waals surface area contributed by atoms with Gasteiger partial charge in [0, 0.05) is 15.6 Å². The van der Waals surface area contributed by atoms with Gasteiger partial charge in [-0.05, 0) is 36.6 Å². The van der Waals surface area contributed by atoms with Crippen molar-refractivity contribution in [3.63, 3.8) is 0 Å². The average molecular weight is 313 g/mol. The third-order valence-corrected chi connectivity index (χ3v) is 4.14. The van der Waals surface area contributed by atoms with Crippen molar-refractivity contribution in [2.45, 2.75) is 19.4 Å². The molecule has 1 atom stereocenters. The molecule has 2 aromatic rings. The van der Waals surface area contributed by atoms with Gasteiger partial charge in [-0.25, -0.2) is 4.39 Å². The zero-order valence-electron chi connectivity index (χ0n) is 11.0. The van der Waals surface area contributed by atoms with Gasteiger partial charge in [0.15, 0.2) is 0 Å². The van der Waals surface area contributed by atoms with E-state index >= 15 is 0 Å². The van der Waals surface area contributed by atoms with Crippen LogP contribution in [0.25, 0.3) is 0 Å². The first-order valence-corrected chi connectivity index (χ1v) is 6.94. The van der Waals surface area contributed by atoms with Crippen LogP contribution in [-0.2, 0) is 6.42 Å². The van der Waals surface area contributed by atoms with Crippen molar-refractivity contribution in [3.05, 3.63) is 69.0 Å². The third-order valence-electron chi connectivity index (χ3n) is 3.27. The summed E-state index contributed by atoms with van der Waals surface area (Å²) in [7, 11) is 0.